The number of carbonyl (C=O) groups is 1. The van der Waals surface area contributed by atoms with Gasteiger partial charge in [-0.2, -0.15) is 0 Å². The third kappa shape index (κ3) is 3.97. The summed E-state index contributed by atoms with van der Waals surface area (Å²) in [6.45, 7) is 2.81. The smallest absolute Gasteiger partial charge is 0.258 e. The molecule has 0 fully saturated rings. The molecule has 0 aliphatic carbocycles. The maximum absolute atomic E-state index is 13.5. The number of nitrogens with zero attached hydrogens (tertiary/aromatic N) is 2. The van der Waals surface area contributed by atoms with Gasteiger partial charge in [0.15, 0.2) is 0 Å². The molecule has 0 unspecified atom stereocenters. The highest BCUT2D eigenvalue weighted by molar-refractivity contribution is 6.04. The quantitative estimate of drug-likeness (QED) is 0.804. The molecule has 1 amide bonds. The Morgan fingerprint density at radius 3 is 2.41 bits per heavy atom. The molecule has 1 aromatic heterocycles. The lowest BCUT2D eigenvalue weighted by Crippen LogP contribution is -2.15. The van der Waals surface area contributed by atoms with Gasteiger partial charge in [-0.3, -0.25) is 4.79 Å². The molecule has 1 aromatic carbocycles. The van der Waals surface area contributed by atoms with E-state index in [9.17, 15) is 13.6 Å². The van der Waals surface area contributed by atoms with Crippen molar-refractivity contribution in [1.29, 1.82) is 0 Å². The Kier molecular flexibility index (Phi) is 5.35. The number of para-hydroxylation sites is 1. The molecule has 0 bridgehead atoms. The maximum Gasteiger partial charge on any atom is 0.258 e. The first-order chi connectivity index (χ1) is 10.6. The predicted octanol–water partition coefficient (Wildman–Crippen LogP) is 3.22. The molecular weight excluding hydrogens is 290 g/mol. The summed E-state index contributed by atoms with van der Waals surface area (Å²) >= 11 is 0. The van der Waals surface area contributed by atoms with Gasteiger partial charge in [-0.1, -0.05) is 19.4 Å². The van der Waals surface area contributed by atoms with Crippen molar-refractivity contribution in [3.63, 3.8) is 0 Å². The summed E-state index contributed by atoms with van der Waals surface area (Å²) in [6.07, 6.45) is 4.63. The van der Waals surface area contributed by atoms with Crippen LogP contribution < -0.4 is 10.6 Å². The molecule has 0 aliphatic heterocycles. The topological polar surface area (TPSA) is 66.9 Å². The van der Waals surface area contributed by atoms with Crippen LogP contribution in [0, 0.1) is 11.6 Å². The zero-order valence-corrected chi connectivity index (χ0v) is 12.1. The summed E-state index contributed by atoms with van der Waals surface area (Å²) < 4.78 is 26.9. The number of aromatic nitrogens is 2. The van der Waals surface area contributed by atoms with Crippen LogP contribution in [0.15, 0.2) is 30.6 Å². The Morgan fingerprint density at radius 1 is 1.18 bits per heavy atom. The van der Waals surface area contributed by atoms with Gasteiger partial charge in [0.05, 0.1) is 5.56 Å². The molecule has 0 aliphatic rings. The van der Waals surface area contributed by atoms with E-state index in [-0.39, 0.29) is 5.56 Å². The van der Waals surface area contributed by atoms with Crippen molar-refractivity contribution in [3.05, 3.63) is 47.8 Å². The lowest BCUT2D eigenvalue weighted by atomic mass is 10.2. The third-order valence-corrected chi connectivity index (χ3v) is 2.93. The summed E-state index contributed by atoms with van der Waals surface area (Å²) in [5.74, 6) is -1.95. The van der Waals surface area contributed by atoms with Gasteiger partial charge in [0.25, 0.3) is 5.91 Å². The van der Waals surface area contributed by atoms with Crippen LogP contribution in [0.3, 0.4) is 0 Å². The SMILES string of the molecule is CCCCNc1ncc(C(=O)Nc2c(F)cccc2F)cn1. The van der Waals surface area contributed by atoms with E-state index in [0.29, 0.717) is 5.95 Å². The van der Waals surface area contributed by atoms with Crippen LogP contribution in [0.2, 0.25) is 0 Å². The molecule has 0 spiro atoms. The summed E-state index contributed by atoms with van der Waals surface area (Å²) in [4.78, 5) is 19.9. The van der Waals surface area contributed by atoms with Crippen LogP contribution in [-0.2, 0) is 0 Å². The Morgan fingerprint density at radius 2 is 1.82 bits per heavy atom. The molecule has 0 radical (unpaired) electrons. The van der Waals surface area contributed by atoms with E-state index in [1.165, 1.54) is 18.5 Å². The van der Waals surface area contributed by atoms with Crippen LogP contribution in [0.25, 0.3) is 0 Å². The molecule has 0 atom stereocenters. The number of halogens is 2. The van der Waals surface area contributed by atoms with Crippen molar-refractivity contribution in [1.82, 2.24) is 9.97 Å². The van der Waals surface area contributed by atoms with Gasteiger partial charge in [0.2, 0.25) is 5.95 Å². The Labute approximate surface area is 126 Å². The summed E-state index contributed by atoms with van der Waals surface area (Å²) in [5.41, 5.74) is -0.374. The van der Waals surface area contributed by atoms with Gasteiger partial charge in [-0.05, 0) is 18.6 Å². The summed E-state index contributed by atoms with van der Waals surface area (Å²) in [6, 6.07) is 3.35. The number of benzene rings is 1. The van der Waals surface area contributed by atoms with Gasteiger partial charge >= 0.3 is 0 Å². The number of hydrogen-bond acceptors (Lipinski definition) is 4. The maximum atomic E-state index is 13.5. The van der Waals surface area contributed by atoms with Gasteiger partial charge in [-0.25, -0.2) is 18.7 Å². The zero-order valence-electron chi connectivity index (χ0n) is 12.1. The number of anilines is 2. The van der Waals surface area contributed by atoms with Gasteiger partial charge in [0, 0.05) is 18.9 Å². The normalized spacial score (nSPS) is 10.3. The van der Waals surface area contributed by atoms with Crippen molar-refractivity contribution >= 4 is 17.5 Å². The molecule has 0 saturated heterocycles. The first-order valence-corrected chi connectivity index (χ1v) is 6.93. The highest BCUT2D eigenvalue weighted by Crippen LogP contribution is 2.18. The number of rotatable bonds is 6. The minimum absolute atomic E-state index is 0.115. The van der Waals surface area contributed by atoms with Gasteiger partial charge in [-0.15, -0.1) is 0 Å². The van der Waals surface area contributed by atoms with E-state index in [2.05, 4.69) is 27.5 Å². The number of amides is 1. The van der Waals surface area contributed by atoms with Crippen molar-refractivity contribution in [2.45, 2.75) is 19.8 Å². The van der Waals surface area contributed by atoms with Gasteiger partial charge < -0.3 is 10.6 Å². The van der Waals surface area contributed by atoms with E-state index in [1.54, 1.807) is 0 Å². The fourth-order valence-electron chi connectivity index (χ4n) is 1.72. The van der Waals surface area contributed by atoms with Gasteiger partial charge in [0.1, 0.15) is 17.3 Å². The van der Waals surface area contributed by atoms with Crippen molar-refractivity contribution in [2.75, 3.05) is 17.2 Å². The second-order valence-electron chi connectivity index (χ2n) is 4.63. The fraction of sp³-hybridized carbons (Fsp3) is 0.267. The number of unbranched alkanes of at least 4 members (excludes halogenated alkanes) is 1. The molecule has 1 heterocycles. The Balaban J connectivity index is 2.04. The van der Waals surface area contributed by atoms with E-state index >= 15 is 0 Å². The van der Waals surface area contributed by atoms with E-state index in [1.807, 2.05) is 0 Å². The predicted molar refractivity (Wildman–Crippen MR) is 79.7 cm³/mol. The molecule has 2 N–H and O–H groups in total. The zero-order chi connectivity index (χ0) is 15.9. The highest BCUT2D eigenvalue weighted by Gasteiger charge is 2.14. The molecule has 5 nitrogen and oxygen atoms in total. The summed E-state index contributed by atoms with van der Waals surface area (Å²) in [7, 11) is 0. The van der Waals surface area contributed by atoms with Crippen LogP contribution in [-0.4, -0.2) is 22.4 Å². The van der Waals surface area contributed by atoms with Crippen LogP contribution in [0.1, 0.15) is 30.1 Å². The molecule has 22 heavy (non-hydrogen) atoms. The monoisotopic (exact) mass is 306 g/mol. The second-order valence-corrected chi connectivity index (χ2v) is 4.63. The van der Waals surface area contributed by atoms with Crippen LogP contribution in [0.5, 0.6) is 0 Å². The number of carbonyl (C=O) groups excluding carboxylic acids is 1. The minimum atomic E-state index is -0.841. The molecule has 116 valence electrons. The third-order valence-electron chi connectivity index (χ3n) is 2.93. The van der Waals surface area contributed by atoms with Crippen molar-refractivity contribution in [2.24, 2.45) is 0 Å². The molecule has 2 aromatic rings. The lowest BCUT2D eigenvalue weighted by Gasteiger charge is -2.08. The largest absolute Gasteiger partial charge is 0.354 e. The molecular formula is C15H16F2N4O. The first kappa shape index (κ1) is 15.8. The fourth-order valence-corrected chi connectivity index (χ4v) is 1.72. The molecule has 0 saturated carbocycles. The second kappa shape index (κ2) is 7.44. The van der Waals surface area contributed by atoms with E-state index in [4.69, 9.17) is 0 Å². The molecule has 2 rings (SSSR count). The Bertz CT molecular complexity index is 626. The number of nitrogens with one attached hydrogen (secondary N) is 2. The highest BCUT2D eigenvalue weighted by atomic mass is 19.1. The molecule has 7 heteroatoms. The minimum Gasteiger partial charge on any atom is -0.354 e. The van der Waals surface area contributed by atoms with E-state index < -0.39 is 23.2 Å². The Hall–Kier alpha value is -2.57. The average molecular weight is 306 g/mol. The van der Waals surface area contributed by atoms with Crippen LogP contribution in [0.4, 0.5) is 20.4 Å². The van der Waals surface area contributed by atoms with Crippen molar-refractivity contribution < 1.29 is 13.6 Å². The van der Waals surface area contributed by atoms with Crippen LogP contribution >= 0.6 is 0 Å². The first-order valence-electron chi connectivity index (χ1n) is 6.93. The number of hydrogen-bond donors (Lipinski definition) is 2. The average Bonchev–Trinajstić information content (AvgIpc) is 2.52. The standard InChI is InChI=1S/C15H16F2N4O/c1-2-3-7-18-15-19-8-10(9-20-15)14(22)21-13-11(16)5-4-6-12(13)17/h4-6,8-9H,2-3,7H2,1H3,(H,21,22)(H,18,19,20). The van der Waals surface area contributed by atoms with E-state index in [0.717, 1.165) is 31.5 Å². The summed E-state index contributed by atoms with van der Waals surface area (Å²) in [5, 5.41) is 5.18. The lowest BCUT2D eigenvalue weighted by molar-refractivity contribution is 0.102. The van der Waals surface area contributed by atoms with Crippen molar-refractivity contribution in [3.8, 4) is 0 Å².